The van der Waals surface area contributed by atoms with E-state index in [0.717, 1.165) is 0 Å². The molecule has 0 saturated carbocycles. The van der Waals surface area contributed by atoms with Crippen LogP contribution in [-0.4, -0.2) is 16.1 Å². The van der Waals surface area contributed by atoms with Crippen LogP contribution in [0.3, 0.4) is 0 Å². The molecule has 90 valence electrons. The van der Waals surface area contributed by atoms with Crippen molar-refractivity contribution in [2.45, 2.75) is 0 Å². The van der Waals surface area contributed by atoms with E-state index in [9.17, 15) is 9.18 Å². The van der Waals surface area contributed by atoms with Crippen LogP contribution in [0.15, 0.2) is 28.9 Å². The number of nitrogens with one attached hydrogen (secondary N) is 2. The van der Waals surface area contributed by atoms with E-state index in [1.807, 2.05) is 6.07 Å². The van der Waals surface area contributed by atoms with Crippen LogP contribution in [0, 0.1) is 17.1 Å². The van der Waals surface area contributed by atoms with E-state index in [-0.39, 0.29) is 21.4 Å². The Balaban J connectivity index is 2.29. The van der Waals surface area contributed by atoms with Crippen LogP contribution in [-0.2, 0) is 0 Å². The number of anilines is 1. The van der Waals surface area contributed by atoms with E-state index >= 15 is 0 Å². The molecule has 7 heteroatoms. The molecule has 1 aromatic heterocycles. The second-order valence-electron chi connectivity index (χ2n) is 3.33. The van der Waals surface area contributed by atoms with Crippen molar-refractivity contribution in [3.05, 3.63) is 45.8 Å². The number of hydrogen-bond acceptors (Lipinski definition) is 3. The minimum absolute atomic E-state index is 0.0699. The van der Waals surface area contributed by atoms with E-state index in [1.165, 1.54) is 24.4 Å². The molecular formula is C11H6BrFN4O. The summed E-state index contributed by atoms with van der Waals surface area (Å²) in [6.45, 7) is 0. The number of aromatic amines is 1. The molecule has 0 spiro atoms. The lowest BCUT2D eigenvalue weighted by Crippen LogP contribution is -2.14. The Hall–Kier alpha value is -2.20. The highest BCUT2D eigenvalue weighted by atomic mass is 79.9. The number of rotatable bonds is 2. The van der Waals surface area contributed by atoms with Gasteiger partial charge in [0.1, 0.15) is 23.3 Å². The molecule has 5 nitrogen and oxygen atoms in total. The van der Waals surface area contributed by atoms with E-state index < -0.39 is 11.7 Å². The van der Waals surface area contributed by atoms with Crippen LogP contribution < -0.4 is 5.32 Å². The van der Waals surface area contributed by atoms with Crippen LogP contribution in [0.5, 0.6) is 0 Å². The third-order valence-electron chi connectivity index (χ3n) is 2.19. The Bertz CT molecular complexity index is 647. The predicted octanol–water partition coefficient (Wildman–Crippen LogP) is 2.44. The van der Waals surface area contributed by atoms with Crippen molar-refractivity contribution in [3.63, 3.8) is 0 Å². The van der Waals surface area contributed by atoms with Gasteiger partial charge in [0.05, 0.1) is 16.2 Å². The van der Waals surface area contributed by atoms with Gasteiger partial charge in [-0.1, -0.05) is 6.07 Å². The quantitative estimate of drug-likeness (QED) is 0.894. The number of aromatic nitrogens is 2. The number of carbonyl (C=O) groups is 1. The maximum atomic E-state index is 13.3. The first-order valence-corrected chi connectivity index (χ1v) is 5.61. The highest BCUT2D eigenvalue weighted by Crippen LogP contribution is 2.21. The lowest BCUT2D eigenvalue weighted by atomic mass is 10.2. The summed E-state index contributed by atoms with van der Waals surface area (Å²) < 4.78 is 13.3. The monoisotopic (exact) mass is 308 g/mol. The first kappa shape index (κ1) is 12.3. The Morgan fingerprint density at radius 2 is 2.33 bits per heavy atom. The lowest BCUT2D eigenvalue weighted by Gasteiger charge is -2.05. The zero-order chi connectivity index (χ0) is 13.1. The number of amides is 1. The Kier molecular flexibility index (Phi) is 3.39. The van der Waals surface area contributed by atoms with Crippen molar-refractivity contribution in [2.24, 2.45) is 0 Å². The van der Waals surface area contributed by atoms with Gasteiger partial charge < -0.3 is 5.32 Å². The normalized spacial score (nSPS) is 9.83. The average Bonchev–Trinajstić information content (AvgIpc) is 2.79. The third kappa shape index (κ3) is 2.24. The third-order valence-corrected chi connectivity index (χ3v) is 3.00. The molecule has 1 amide bonds. The summed E-state index contributed by atoms with van der Waals surface area (Å²) in [4.78, 5) is 11.9. The van der Waals surface area contributed by atoms with Crippen molar-refractivity contribution in [1.82, 2.24) is 10.2 Å². The summed E-state index contributed by atoms with van der Waals surface area (Å²) in [6, 6.07) is 5.99. The summed E-state index contributed by atoms with van der Waals surface area (Å²) >= 11 is 2.99. The smallest absolute Gasteiger partial charge is 0.258 e. The average molecular weight is 309 g/mol. The van der Waals surface area contributed by atoms with Crippen molar-refractivity contribution in [2.75, 3.05) is 5.32 Å². The molecule has 0 aliphatic carbocycles. The van der Waals surface area contributed by atoms with E-state index in [4.69, 9.17) is 5.26 Å². The van der Waals surface area contributed by atoms with E-state index in [0.29, 0.717) is 0 Å². The standard InChI is InChI=1S/C11H6BrFN4O/c12-9-7(2-1-3-8(9)13)11(18)16-10-6(4-14)5-15-17-10/h1-3,5H,(H2,15,16,17,18). The molecule has 0 radical (unpaired) electrons. The predicted molar refractivity (Wildman–Crippen MR) is 65.4 cm³/mol. The lowest BCUT2D eigenvalue weighted by molar-refractivity contribution is 0.102. The Morgan fingerprint density at radius 3 is 3.06 bits per heavy atom. The van der Waals surface area contributed by atoms with Crippen molar-refractivity contribution >= 4 is 27.7 Å². The molecule has 18 heavy (non-hydrogen) atoms. The number of carbonyl (C=O) groups excluding carboxylic acids is 1. The van der Waals surface area contributed by atoms with Gasteiger partial charge in [-0.2, -0.15) is 10.4 Å². The largest absolute Gasteiger partial charge is 0.306 e. The molecule has 1 aromatic carbocycles. The van der Waals surface area contributed by atoms with Gasteiger partial charge >= 0.3 is 0 Å². The topological polar surface area (TPSA) is 81.6 Å². The highest BCUT2D eigenvalue weighted by molar-refractivity contribution is 9.10. The number of halogens is 2. The van der Waals surface area contributed by atoms with E-state index in [1.54, 1.807) is 0 Å². The summed E-state index contributed by atoms with van der Waals surface area (Å²) in [6.07, 6.45) is 1.29. The summed E-state index contributed by atoms with van der Waals surface area (Å²) in [5.41, 5.74) is 0.337. The molecule has 0 aliphatic heterocycles. The first-order valence-electron chi connectivity index (χ1n) is 4.82. The zero-order valence-electron chi connectivity index (χ0n) is 8.87. The fourth-order valence-electron chi connectivity index (χ4n) is 1.33. The number of nitrogens with zero attached hydrogens (tertiary/aromatic N) is 2. The molecule has 0 bridgehead atoms. The maximum absolute atomic E-state index is 13.3. The van der Waals surface area contributed by atoms with Crippen molar-refractivity contribution in [3.8, 4) is 6.07 Å². The Labute approximate surface area is 110 Å². The van der Waals surface area contributed by atoms with Gasteiger partial charge in [-0.15, -0.1) is 0 Å². The molecular weight excluding hydrogens is 303 g/mol. The fourth-order valence-corrected chi connectivity index (χ4v) is 1.77. The Morgan fingerprint density at radius 1 is 1.56 bits per heavy atom. The van der Waals surface area contributed by atoms with Crippen molar-refractivity contribution < 1.29 is 9.18 Å². The molecule has 2 aromatic rings. The molecule has 1 heterocycles. The fraction of sp³-hybridized carbons (Fsp3) is 0. The number of benzene rings is 1. The molecule has 0 fully saturated rings. The SMILES string of the molecule is N#Cc1cn[nH]c1NC(=O)c1cccc(F)c1Br. The molecule has 2 rings (SSSR count). The van der Waals surface area contributed by atoms with Gasteiger partial charge in [0, 0.05) is 0 Å². The van der Waals surface area contributed by atoms with E-state index in [2.05, 4.69) is 31.4 Å². The summed E-state index contributed by atoms with van der Waals surface area (Å²) in [5, 5.41) is 17.3. The van der Waals surface area contributed by atoms with Gasteiger partial charge in [-0.05, 0) is 28.1 Å². The summed E-state index contributed by atoms with van der Waals surface area (Å²) in [5.74, 6) is -0.895. The minimum Gasteiger partial charge on any atom is -0.306 e. The van der Waals surface area contributed by atoms with Crippen LogP contribution in [0.1, 0.15) is 15.9 Å². The number of hydrogen-bond donors (Lipinski definition) is 2. The molecule has 0 atom stereocenters. The zero-order valence-corrected chi connectivity index (χ0v) is 10.5. The van der Waals surface area contributed by atoms with Crippen molar-refractivity contribution in [1.29, 1.82) is 5.26 Å². The highest BCUT2D eigenvalue weighted by Gasteiger charge is 2.15. The first-order chi connectivity index (χ1) is 8.63. The van der Waals surface area contributed by atoms with Gasteiger partial charge in [-0.25, -0.2) is 4.39 Å². The van der Waals surface area contributed by atoms with Crippen LogP contribution in [0.2, 0.25) is 0 Å². The van der Waals surface area contributed by atoms with Gasteiger partial charge in [0.25, 0.3) is 5.91 Å². The molecule has 0 aliphatic rings. The van der Waals surface area contributed by atoms with Gasteiger partial charge in [-0.3, -0.25) is 9.89 Å². The van der Waals surface area contributed by atoms with Gasteiger partial charge in [0.2, 0.25) is 0 Å². The summed E-state index contributed by atoms with van der Waals surface area (Å²) in [7, 11) is 0. The molecule has 2 N–H and O–H groups in total. The second kappa shape index (κ2) is 4.98. The van der Waals surface area contributed by atoms with Crippen LogP contribution in [0.25, 0.3) is 0 Å². The number of H-pyrrole nitrogens is 1. The minimum atomic E-state index is -0.540. The van der Waals surface area contributed by atoms with Crippen LogP contribution in [0.4, 0.5) is 10.2 Å². The molecule has 0 saturated heterocycles. The molecule has 0 unspecified atom stereocenters. The van der Waals surface area contributed by atoms with Crippen LogP contribution >= 0.6 is 15.9 Å². The van der Waals surface area contributed by atoms with Gasteiger partial charge in [0.15, 0.2) is 0 Å². The number of nitriles is 1. The maximum Gasteiger partial charge on any atom is 0.258 e. The second-order valence-corrected chi connectivity index (χ2v) is 4.12.